The van der Waals surface area contributed by atoms with E-state index in [4.69, 9.17) is 0 Å². The van der Waals surface area contributed by atoms with Gasteiger partial charge in [-0.15, -0.1) is 0 Å². The Morgan fingerprint density at radius 3 is 1.72 bits per heavy atom. The predicted octanol–water partition coefficient (Wildman–Crippen LogP) is 7.56. The monoisotopic (exact) mass is 563 g/mol. The number of rotatable bonds is 24. The zero-order valence-electron chi connectivity index (χ0n) is 24.2. The average molecular weight is 564 g/mol. The molecule has 6 nitrogen and oxygen atoms in total. The number of carbonyl (C=O) groups excluding carboxylic acids is 1. The summed E-state index contributed by atoms with van der Waals surface area (Å²) in [6, 6.07) is -1.11. The fraction of sp³-hybridized carbons (Fsp3) is 0.594. The van der Waals surface area contributed by atoms with Crippen LogP contribution in [-0.4, -0.2) is 41.9 Å². The van der Waals surface area contributed by atoms with Crippen molar-refractivity contribution in [2.75, 3.05) is 5.75 Å². The average Bonchev–Trinajstić information content (AvgIpc) is 2.88. The van der Waals surface area contributed by atoms with E-state index < -0.39 is 33.9 Å². The highest BCUT2D eigenvalue weighted by Gasteiger charge is 2.24. The lowest BCUT2D eigenvalue weighted by molar-refractivity contribution is -0.121. The van der Waals surface area contributed by atoms with Gasteiger partial charge < -0.3 is 10.4 Å². The minimum Gasteiger partial charge on any atom is -0.387 e. The van der Waals surface area contributed by atoms with Crippen LogP contribution in [0, 0.1) is 0 Å². The Bertz CT molecular complexity index is 884. The normalized spacial score (nSPS) is 14.7. The van der Waals surface area contributed by atoms with Crippen LogP contribution in [0.15, 0.2) is 72.9 Å². The van der Waals surface area contributed by atoms with Crippen molar-refractivity contribution in [3.05, 3.63) is 72.9 Å². The quantitative estimate of drug-likeness (QED) is 0.0639. The van der Waals surface area contributed by atoms with E-state index in [2.05, 4.69) is 61.7 Å². The van der Waals surface area contributed by atoms with Crippen molar-refractivity contribution in [2.45, 2.75) is 116 Å². The smallest absolute Gasteiger partial charge is 0.267 e. The molecular weight excluding hydrogens is 510 g/mol. The molecule has 0 saturated heterocycles. The van der Waals surface area contributed by atoms with Gasteiger partial charge in [0.25, 0.3) is 10.1 Å². The number of unbranched alkanes of at least 4 members (excludes halogenated alkanes) is 7. The molecule has 7 heteroatoms. The van der Waals surface area contributed by atoms with Crippen LogP contribution in [0.1, 0.15) is 104 Å². The maximum absolute atomic E-state index is 12.3. The van der Waals surface area contributed by atoms with Gasteiger partial charge in [-0.05, 0) is 44.9 Å². The van der Waals surface area contributed by atoms with Gasteiger partial charge in [0.2, 0.25) is 5.91 Å². The third kappa shape index (κ3) is 27.1. The Kier molecular flexibility index (Phi) is 24.5. The number of hydrogen-bond donors (Lipinski definition) is 3. The number of nitrogens with one attached hydrogen (secondary N) is 1. The standard InChI is InChI=1S/C32H53NO5S/c1-3-5-7-9-11-13-14-15-16-17-18-20-22-24-26-28-32(35)33-30(29-39(36,37)38)31(34)27-25-23-21-19-12-10-8-6-4-2/h5,7,11,13,15-16,18,20,24-27,30-31,34H,3-4,6,8-10,12,14,17,19,21-23,28-29H2,1-2H3,(H,33,35)(H,36,37,38)/b7-5-,13-11-,16-15-,20-18-,26-24-,27-25+. The van der Waals surface area contributed by atoms with Gasteiger partial charge in [-0.1, -0.05) is 125 Å². The highest BCUT2D eigenvalue weighted by molar-refractivity contribution is 7.85. The van der Waals surface area contributed by atoms with Crippen molar-refractivity contribution < 1.29 is 22.9 Å². The summed E-state index contributed by atoms with van der Waals surface area (Å²) in [4.78, 5) is 12.3. The first-order valence-corrected chi connectivity index (χ1v) is 16.2. The largest absolute Gasteiger partial charge is 0.387 e. The van der Waals surface area contributed by atoms with Crippen LogP contribution < -0.4 is 5.32 Å². The van der Waals surface area contributed by atoms with Crippen LogP contribution in [-0.2, 0) is 14.9 Å². The van der Waals surface area contributed by atoms with Crippen LogP contribution in [0.25, 0.3) is 0 Å². The lowest BCUT2D eigenvalue weighted by atomic mass is 10.1. The first-order valence-electron chi connectivity index (χ1n) is 14.6. The molecule has 0 bridgehead atoms. The lowest BCUT2D eigenvalue weighted by Gasteiger charge is -2.20. The molecule has 0 spiro atoms. The second-order valence-electron chi connectivity index (χ2n) is 9.66. The summed E-state index contributed by atoms with van der Waals surface area (Å²) in [7, 11) is -4.36. The summed E-state index contributed by atoms with van der Waals surface area (Å²) < 4.78 is 32.0. The Morgan fingerprint density at radius 2 is 1.21 bits per heavy atom. The second kappa shape index (κ2) is 26.0. The summed E-state index contributed by atoms with van der Waals surface area (Å²) in [5, 5.41) is 12.9. The van der Waals surface area contributed by atoms with Crippen molar-refractivity contribution in [3.8, 4) is 0 Å². The molecule has 3 N–H and O–H groups in total. The van der Waals surface area contributed by atoms with E-state index in [1.807, 2.05) is 18.2 Å². The minimum atomic E-state index is -4.36. The van der Waals surface area contributed by atoms with E-state index in [1.54, 1.807) is 6.08 Å². The third-order valence-corrected chi connectivity index (χ3v) is 6.70. The zero-order valence-corrected chi connectivity index (χ0v) is 25.0. The van der Waals surface area contributed by atoms with Gasteiger partial charge in [0, 0.05) is 6.42 Å². The van der Waals surface area contributed by atoms with Crippen LogP contribution in [0.3, 0.4) is 0 Å². The summed E-state index contributed by atoms with van der Waals surface area (Å²) >= 11 is 0. The Balaban J connectivity index is 4.32. The molecule has 0 aromatic rings. The van der Waals surface area contributed by atoms with Gasteiger partial charge in [0.15, 0.2) is 0 Å². The molecule has 0 aliphatic rings. The third-order valence-electron chi connectivity index (χ3n) is 5.92. The molecule has 0 aliphatic carbocycles. The lowest BCUT2D eigenvalue weighted by Crippen LogP contribution is -2.46. The molecule has 0 heterocycles. The summed E-state index contributed by atoms with van der Waals surface area (Å²) in [6.45, 7) is 4.32. The number of aliphatic hydroxyl groups excluding tert-OH is 1. The molecule has 0 aliphatic heterocycles. The topological polar surface area (TPSA) is 104 Å². The van der Waals surface area contributed by atoms with E-state index in [-0.39, 0.29) is 6.42 Å². The molecule has 2 atom stereocenters. The SMILES string of the molecule is CC/C=C\C/C=C\C/C=C\C/C=C\C/C=C\CC(=O)NC(CS(=O)(=O)O)C(O)/C=C/CCCCCCCCC. The van der Waals surface area contributed by atoms with E-state index in [1.165, 1.54) is 38.2 Å². The molecular formula is C32H53NO5S. The Labute approximate surface area is 238 Å². The summed E-state index contributed by atoms with van der Waals surface area (Å²) in [5.41, 5.74) is 0. The van der Waals surface area contributed by atoms with Crippen LogP contribution in [0.2, 0.25) is 0 Å². The maximum Gasteiger partial charge on any atom is 0.267 e. The van der Waals surface area contributed by atoms with Crippen molar-refractivity contribution in [3.63, 3.8) is 0 Å². The van der Waals surface area contributed by atoms with Crippen LogP contribution in [0.4, 0.5) is 0 Å². The highest BCUT2D eigenvalue weighted by atomic mass is 32.2. The molecule has 0 fully saturated rings. The van der Waals surface area contributed by atoms with Crippen molar-refractivity contribution >= 4 is 16.0 Å². The van der Waals surface area contributed by atoms with Gasteiger partial charge in [0.1, 0.15) is 0 Å². The van der Waals surface area contributed by atoms with Crippen molar-refractivity contribution in [1.29, 1.82) is 0 Å². The van der Waals surface area contributed by atoms with Gasteiger partial charge in [-0.3, -0.25) is 9.35 Å². The number of aliphatic hydroxyl groups is 1. The number of allylic oxidation sites excluding steroid dienone is 10. The van der Waals surface area contributed by atoms with E-state index >= 15 is 0 Å². The molecule has 0 saturated carbocycles. The first-order chi connectivity index (χ1) is 18.8. The number of amides is 1. The number of carbonyl (C=O) groups is 1. The Hall–Kier alpha value is -2.22. The molecule has 222 valence electrons. The van der Waals surface area contributed by atoms with Gasteiger partial charge >= 0.3 is 0 Å². The summed E-state index contributed by atoms with van der Waals surface area (Å²) in [6.07, 6.45) is 36.3. The van der Waals surface area contributed by atoms with E-state index in [0.717, 1.165) is 44.9 Å². The maximum atomic E-state index is 12.3. The fourth-order valence-electron chi connectivity index (χ4n) is 3.75. The van der Waals surface area contributed by atoms with Crippen molar-refractivity contribution in [2.24, 2.45) is 0 Å². The van der Waals surface area contributed by atoms with Crippen LogP contribution in [0.5, 0.6) is 0 Å². The minimum absolute atomic E-state index is 0.0595. The molecule has 39 heavy (non-hydrogen) atoms. The highest BCUT2D eigenvalue weighted by Crippen LogP contribution is 2.09. The first kappa shape index (κ1) is 36.8. The molecule has 0 aromatic carbocycles. The van der Waals surface area contributed by atoms with Crippen molar-refractivity contribution in [1.82, 2.24) is 5.32 Å². The number of hydrogen-bond acceptors (Lipinski definition) is 4. The van der Waals surface area contributed by atoms with Crippen LogP contribution >= 0.6 is 0 Å². The predicted molar refractivity (Wildman–Crippen MR) is 165 cm³/mol. The summed E-state index contributed by atoms with van der Waals surface area (Å²) in [5.74, 6) is -1.16. The van der Waals surface area contributed by atoms with Gasteiger partial charge in [-0.25, -0.2) is 0 Å². The Morgan fingerprint density at radius 1 is 0.718 bits per heavy atom. The second-order valence-corrected chi connectivity index (χ2v) is 11.2. The van der Waals surface area contributed by atoms with Gasteiger partial charge in [-0.2, -0.15) is 8.42 Å². The van der Waals surface area contributed by atoms with E-state index in [0.29, 0.717) is 6.42 Å². The molecule has 0 radical (unpaired) electrons. The van der Waals surface area contributed by atoms with Gasteiger partial charge in [0.05, 0.1) is 17.9 Å². The zero-order chi connectivity index (χ0) is 29.0. The molecule has 1 amide bonds. The fourth-order valence-corrected chi connectivity index (χ4v) is 4.48. The molecule has 0 aromatic heterocycles. The molecule has 0 rings (SSSR count). The van der Waals surface area contributed by atoms with E-state index in [9.17, 15) is 22.9 Å². The molecule has 2 unspecified atom stereocenters.